The van der Waals surface area contributed by atoms with Crippen molar-refractivity contribution in [3.05, 3.63) is 48.3 Å². The van der Waals surface area contributed by atoms with Crippen LogP contribution in [-0.4, -0.2) is 23.0 Å². The minimum Gasteiger partial charge on any atom is -0.489 e. The van der Waals surface area contributed by atoms with E-state index in [0.717, 1.165) is 30.0 Å². The zero-order valence-corrected chi connectivity index (χ0v) is 13.4. The third kappa shape index (κ3) is 4.22. The Balaban J connectivity index is 1.76. The Bertz CT molecular complexity index is 696. The second-order valence-corrected chi connectivity index (χ2v) is 6.00. The molecule has 0 radical (unpaired) electrons. The number of ether oxygens (including phenoxy) is 1. The van der Waals surface area contributed by atoms with Crippen LogP contribution in [0.2, 0.25) is 0 Å². The monoisotopic (exact) mass is 311 g/mol. The summed E-state index contributed by atoms with van der Waals surface area (Å²) >= 11 is 0. The number of anilines is 2. The minimum atomic E-state index is -0.0737. The zero-order valence-electron chi connectivity index (χ0n) is 13.4. The first kappa shape index (κ1) is 15.3. The van der Waals surface area contributed by atoms with Crippen molar-refractivity contribution in [3.8, 4) is 5.75 Å². The number of hydrogen-bond acceptors (Lipinski definition) is 4. The van der Waals surface area contributed by atoms with E-state index >= 15 is 0 Å². The third-order valence-electron chi connectivity index (χ3n) is 3.44. The number of carbonyl (C=O) groups is 1. The van der Waals surface area contributed by atoms with Gasteiger partial charge < -0.3 is 15.4 Å². The highest BCUT2D eigenvalue weighted by Gasteiger charge is 2.24. The third-order valence-corrected chi connectivity index (χ3v) is 3.44. The van der Waals surface area contributed by atoms with Crippen LogP contribution in [0.4, 0.5) is 11.4 Å². The first-order valence-electron chi connectivity index (χ1n) is 7.90. The highest BCUT2D eigenvalue weighted by atomic mass is 16.5. The van der Waals surface area contributed by atoms with Gasteiger partial charge in [-0.3, -0.25) is 9.78 Å². The number of para-hydroxylation sites is 2. The lowest BCUT2D eigenvalue weighted by Crippen LogP contribution is -2.25. The molecule has 1 aromatic heterocycles. The van der Waals surface area contributed by atoms with Crippen molar-refractivity contribution in [1.29, 1.82) is 0 Å². The topological polar surface area (TPSA) is 63.2 Å². The van der Waals surface area contributed by atoms with Gasteiger partial charge in [-0.2, -0.15) is 0 Å². The molecule has 0 spiro atoms. The van der Waals surface area contributed by atoms with E-state index in [2.05, 4.69) is 15.6 Å². The standard InChI is InChI=1S/C18H21N3O2/c1-12(2)23-17-6-4-3-5-16(17)20-15-9-13(10-19-11-15)18(22)21-14-7-8-14/h3-6,9-12,14,20H,7-8H2,1-2H3,(H,21,22). The van der Waals surface area contributed by atoms with Crippen LogP contribution >= 0.6 is 0 Å². The average molecular weight is 311 g/mol. The van der Waals surface area contributed by atoms with E-state index in [4.69, 9.17) is 4.74 Å². The van der Waals surface area contributed by atoms with Crippen LogP contribution in [0.5, 0.6) is 5.75 Å². The Hall–Kier alpha value is -2.56. The van der Waals surface area contributed by atoms with Gasteiger partial charge in [0.25, 0.3) is 5.91 Å². The Labute approximate surface area is 136 Å². The highest BCUT2D eigenvalue weighted by Crippen LogP contribution is 2.28. The quantitative estimate of drug-likeness (QED) is 0.857. The number of pyridine rings is 1. The number of aromatic nitrogens is 1. The molecule has 0 unspecified atom stereocenters. The van der Waals surface area contributed by atoms with Crippen LogP contribution in [0.15, 0.2) is 42.7 Å². The number of hydrogen-bond donors (Lipinski definition) is 2. The Morgan fingerprint density at radius 3 is 2.78 bits per heavy atom. The summed E-state index contributed by atoms with van der Waals surface area (Å²) in [5.41, 5.74) is 2.17. The van der Waals surface area contributed by atoms with E-state index in [1.165, 1.54) is 0 Å². The second-order valence-electron chi connectivity index (χ2n) is 6.00. The fourth-order valence-corrected chi connectivity index (χ4v) is 2.21. The Kier molecular flexibility index (Phi) is 4.46. The van der Waals surface area contributed by atoms with Gasteiger partial charge >= 0.3 is 0 Å². The maximum Gasteiger partial charge on any atom is 0.253 e. The largest absolute Gasteiger partial charge is 0.489 e. The van der Waals surface area contributed by atoms with E-state index in [1.807, 2.05) is 38.1 Å². The molecule has 0 bridgehead atoms. The van der Waals surface area contributed by atoms with Crippen molar-refractivity contribution in [2.75, 3.05) is 5.32 Å². The second kappa shape index (κ2) is 6.69. The van der Waals surface area contributed by atoms with E-state index < -0.39 is 0 Å². The molecule has 3 rings (SSSR count). The van der Waals surface area contributed by atoms with E-state index in [-0.39, 0.29) is 12.0 Å². The molecule has 5 nitrogen and oxygen atoms in total. The fourth-order valence-electron chi connectivity index (χ4n) is 2.21. The molecule has 5 heteroatoms. The highest BCUT2D eigenvalue weighted by molar-refractivity contribution is 5.95. The van der Waals surface area contributed by atoms with Gasteiger partial charge in [-0.25, -0.2) is 0 Å². The van der Waals surface area contributed by atoms with Gasteiger partial charge in [0.2, 0.25) is 0 Å². The lowest BCUT2D eigenvalue weighted by Gasteiger charge is -2.15. The molecular weight excluding hydrogens is 290 g/mol. The molecule has 1 fully saturated rings. The molecule has 1 heterocycles. The zero-order chi connectivity index (χ0) is 16.2. The average Bonchev–Trinajstić information content (AvgIpc) is 3.33. The van der Waals surface area contributed by atoms with Crippen molar-refractivity contribution in [1.82, 2.24) is 10.3 Å². The van der Waals surface area contributed by atoms with Gasteiger partial charge in [-0.15, -0.1) is 0 Å². The number of nitrogens with zero attached hydrogens (tertiary/aromatic N) is 1. The maximum atomic E-state index is 12.1. The predicted octanol–water partition coefficient (Wildman–Crippen LogP) is 3.50. The van der Waals surface area contributed by atoms with E-state index in [0.29, 0.717) is 11.6 Å². The first-order valence-corrected chi connectivity index (χ1v) is 7.90. The van der Waals surface area contributed by atoms with Gasteiger partial charge in [-0.1, -0.05) is 12.1 Å². The van der Waals surface area contributed by atoms with Crippen LogP contribution in [0, 0.1) is 0 Å². The SMILES string of the molecule is CC(C)Oc1ccccc1Nc1cncc(C(=O)NC2CC2)c1. The summed E-state index contributed by atoms with van der Waals surface area (Å²) in [6, 6.07) is 9.86. The molecule has 120 valence electrons. The lowest BCUT2D eigenvalue weighted by atomic mass is 10.2. The summed E-state index contributed by atoms with van der Waals surface area (Å²) in [5.74, 6) is 0.700. The normalized spacial score (nSPS) is 13.7. The molecule has 0 saturated heterocycles. The van der Waals surface area contributed by atoms with Crippen molar-refractivity contribution in [3.63, 3.8) is 0 Å². The maximum absolute atomic E-state index is 12.1. The molecule has 2 aromatic rings. The summed E-state index contributed by atoms with van der Waals surface area (Å²) in [5, 5.41) is 6.24. The van der Waals surface area contributed by atoms with Gasteiger partial charge in [0.05, 0.1) is 29.2 Å². The molecule has 1 aliphatic rings. The van der Waals surface area contributed by atoms with Gasteiger partial charge in [0.15, 0.2) is 0 Å². The van der Waals surface area contributed by atoms with Crippen LogP contribution in [0.3, 0.4) is 0 Å². The molecule has 2 N–H and O–H groups in total. The van der Waals surface area contributed by atoms with Gasteiger partial charge in [0, 0.05) is 12.2 Å². The summed E-state index contributed by atoms with van der Waals surface area (Å²) in [6.07, 6.45) is 5.50. The first-order chi connectivity index (χ1) is 11.1. The molecule has 1 saturated carbocycles. The van der Waals surface area contributed by atoms with E-state index in [1.54, 1.807) is 18.5 Å². The molecule has 0 atom stereocenters. The smallest absolute Gasteiger partial charge is 0.253 e. The van der Waals surface area contributed by atoms with Crippen LogP contribution in [-0.2, 0) is 0 Å². The summed E-state index contributed by atoms with van der Waals surface area (Å²) in [4.78, 5) is 16.3. The molecule has 1 aromatic carbocycles. The summed E-state index contributed by atoms with van der Waals surface area (Å²) in [7, 11) is 0. The lowest BCUT2D eigenvalue weighted by molar-refractivity contribution is 0.0950. The van der Waals surface area contributed by atoms with Crippen molar-refractivity contribution in [2.45, 2.75) is 38.8 Å². The van der Waals surface area contributed by atoms with E-state index in [9.17, 15) is 4.79 Å². The number of rotatable bonds is 6. The molecule has 1 amide bonds. The summed E-state index contributed by atoms with van der Waals surface area (Å²) < 4.78 is 5.79. The molecule has 1 aliphatic carbocycles. The Morgan fingerprint density at radius 2 is 2.04 bits per heavy atom. The van der Waals surface area contributed by atoms with Crippen LogP contribution < -0.4 is 15.4 Å². The molecular formula is C18H21N3O2. The Morgan fingerprint density at radius 1 is 1.26 bits per heavy atom. The predicted molar refractivity (Wildman–Crippen MR) is 90.2 cm³/mol. The van der Waals surface area contributed by atoms with Crippen LogP contribution in [0.1, 0.15) is 37.0 Å². The van der Waals surface area contributed by atoms with Crippen LogP contribution in [0.25, 0.3) is 0 Å². The van der Waals surface area contributed by atoms with Crippen molar-refractivity contribution < 1.29 is 9.53 Å². The van der Waals surface area contributed by atoms with Gasteiger partial charge in [0.1, 0.15) is 5.75 Å². The van der Waals surface area contributed by atoms with Crippen molar-refractivity contribution >= 4 is 17.3 Å². The number of carbonyl (C=O) groups excluding carboxylic acids is 1. The number of benzene rings is 1. The number of amides is 1. The van der Waals surface area contributed by atoms with Crippen molar-refractivity contribution in [2.24, 2.45) is 0 Å². The number of nitrogens with one attached hydrogen (secondary N) is 2. The minimum absolute atomic E-state index is 0.0737. The van der Waals surface area contributed by atoms with Gasteiger partial charge in [-0.05, 0) is 44.9 Å². The summed E-state index contributed by atoms with van der Waals surface area (Å²) in [6.45, 7) is 3.97. The molecule has 23 heavy (non-hydrogen) atoms. The molecule has 0 aliphatic heterocycles. The fraction of sp³-hybridized carbons (Fsp3) is 0.333.